The van der Waals surface area contributed by atoms with Crippen molar-refractivity contribution in [3.63, 3.8) is 0 Å². The van der Waals surface area contributed by atoms with Gasteiger partial charge in [-0.1, -0.05) is 51.3 Å². The highest BCUT2D eigenvalue weighted by Gasteiger charge is 2.34. The summed E-state index contributed by atoms with van der Waals surface area (Å²) in [5.74, 6) is 1.00. The fraction of sp³-hybridized carbons (Fsp3) is 0.667. The van der Waals surface area contributed by atoms with Crippen LogP contribution in [0.5, 0.6) is 0 Å². The van der Waals surface area contributed by atoms with Crippen LogP contribution in [0.15, 0.2) is 38.6 Å². The summed E-state index contributed by atoms with van der Waals surface area (Å²) < 4.78 is 14.9. The molecule has 4 N–H and O–H groups in total. The Morgan fingerprint density at radius 1 is 1.41 bits per heavy atom. The van der Waals surface area contributed by atoms with E-state index in [1.54, 1.807) is 0 Å². The number of alkyl halides is 1. The van der Waals surface area contributed by atoms with E-state index >= 15 is 0 Å². The molecule has 0 saturated heterocycles. The van der Waals surface area contributed by atoms with Crippen molar-refractivity contribution in [3.8, 4) is 0 Å². The number of halogens is 2. The molecule has 3 unspecified atom stereocenters. The molecule has 152 valence electrons. The topological polar surface area (TPSA) is 67.6 Å². The van der Waals surface area contributed by atoms with Gasteiger partial charge in [-0.25, -0.2) is 9.38 Å². The molecule has 0 spiro atoms. The van der Waals surface area contributed by atoms with E-state index < -0.39 is 6.17 Å². The number of nitrogens with zero attached hydrogens (tertiary/aromatic N) is 2. The standard InChI is InChI=1S/C21H34ClFN4/c1-6-7-15-17(8-12(2)3)16(9-18(22)19(15)23)13(4)10-27-11-26-21(25)20(27)14(5)24/h9,12-13,15,19H,6-8,10-11,24H2,1-5H3,(H2,25,26)/b20-14-. The first-order chi connectivity index (χ1) is 12.7. The van der Waals surface area contributed by atoms with E-state index in [0.29, 0.717) is 29.2 Å². The Bertz CT molecular complexity index is 674. The lowest BCUT2D eigenvalue weighted by Crippen LogP contribution is -2.33. The van der Waals surface area contributed by atoms with Crippen molar-refractivity contribution in [2.75, 3.05) is 13.2 Å². The van der Waals surface area contributed by atoms with E-state index in [1.807, 2.05) is 13.0 Å². The Balaban J connectivity index is 2.35. The molecule has 0 bridgehead atoms. The zero-order valence-electron chi connectivity index (χ0n) is 17.2. The maximum atomic E-state index is 14.9. The van der Waals surface area contributed by atoms with Gasteiger partial charge in [-0.05, 0) is 43.3 Å². The van der Waals surface area contributed by atoms with Crippen molar-refractivity contribution in [1.82, 2.24) is 4.90 Å². The number of hydrogen-bond donors (Lipinski definition) is 2. The van der Waals surface area contributed by atoms with Gasteiger partial charge >= 0.3 is 0 Å². The van der Waals surface area contributed by atoms with Crippen molar-refractivity contribution >= 4 is 17.4 Å². The van der Waals surface area contributed by atoms with Crippen LogP contribution in [0.1, 0.15) is 53.9 Å². The second kappa shape index (κ2) is 9.13. The molecule has 6 heteroatoms. The Labute approximate surface area is 168 Å². The molecule has 2 rings (SSSR count). The van der Waals surface area contributed by atoms with Gasteiger partial charge in [-0.15, -0.1) is 0 Å². The number of nitrogens with two attached hydrogens (primary N) is 2. The second-order valence-corrected chi connectivity index (χ2v) is 8.68. The van der Waals surface area contributed by atoms with Gasteiger partial charge in [-0.2, -0.15) is 0 Å². The smallest absolute Gasteiger partial charge is 0.145 e. The zero-order valence-corrected chi connectivity index (χ0v) is 18.0. The minimum atomic E-state index is -1.09. The maximum Gasteiger partial charge on any atom is 0.145 e. The van der Waals surface area contributed by atoms with Crippen molar-refractivity contribution in [2.45, 2.75) is 60.1 Å². The Kier molecular flexibility index (Phi) is 7.38. The molecule has 4 nitrogen and oxygen atoms in total. The predicted octanol–water partition coefficient (Wildman–Crippen LogP) is 4.68. The van der Waals surface area contributed by atoms with E-state index in [1.165, 1.54) is 11.1 Å². The van der Waals surface area contributed by atoms with Gasteiger partial charge in [0.2, 0.25) is 0 Å². The van der Waals surface area contributed by atoms with E-state index in [-0.39, 0.29) is 11.8 Å². The van der Waals surface area contributed by atoms with Crippen LogP contribution in [-0.2, 0) is 0 Å². The Morgan fingerprint density at radius 2 is 2.07 bits per heavy atom. The first kappa shape index (κ1) is 21.8. The second-order valence-electron chi connectivity index (χ2n) is 8.24. The molecule has 3 atom stereocenters. The summed E-state index contributed by atoms with van der Waals surface area (Å²) in [6, 6.07) is 0. The number of hydrogen-bond acceptors (Lipinski definition) is 4. The summed E-state index contributed by atoms with van der Waals surface area (Å²) in [4.78, 5) is 6.43. The van der Waals surface area contributed by atoms with Crippen molar-refractivity contribution in [2.24, 2.45) is 34.2 Å². The largest absolute Gasteiger partial charge is 0.400 e. The van der Waals surface area contributed by atoms with E-state index in [9.17, 15) is 4.39 Å². The van der Waals surface area contributed by atoms with Crippen molar-refractivity contribution in [1.29, 1.82) is 0 Å². The molecular formula is C21H34ClFN4. The minimum Gasteiger partial charge on any atom is -0.400 e. The zero-order chi connectivity index (χ0) is 20.3. The van der Waals surface area contributed by atoms with Crippen LogP contribution in [0.3, 0.4) is 0 Å². The molecule has 0 radical (unpaired) electrons. The average Bonchev–Trinajstić information content (AvgIpc) is 2.94. The highest BCUT2D eigenvalue weighted by molar-refractivity contribution is 6.30. The van der Waals surface area contributed by atoms with Crippen LogP contribution in [0.4, 0.5) is 4.39 Å². The van der Waals surface area contributed by atoms with Gasteiger partial charge in [0.05, 0.1) is 10.7 Å². The SMILES string of the molecule is CCCC1C(CC(C)C)=C(C(C)CN2CN=C(N)/C2=C(\C)N)C=C(Cl)C1F. The van der Waals surface area contributed by atoms with Crippen LogP contribution < -0.4 is 11.5 Å². The first-order valence-electron chi connectivity index (χ1n) is 9.92. The van der Waals surface area contributed by atoms with Gasteiger partial charge in [0.25, 0.3) is 0 Å². The lowest BCUT2D eigenvalue weighted by Gasteiger charge is -2.34. The van der Waals surface area contributed by atoms with Crippen LogP contribution in [0, 0.1) is 17.8 Å². The summed E-state index contributed by atoms with van der Waals surface area (Å²) in [5, 5.41) is 0.325. The number of amidine groups is 1. The molecule has 2 aliphatic rings. The van der Waals surface area contributed by atoms with Gasteiger partial charge in [0, 0.05) is 18.2 Å². The highest BCUT2D eigenvalue weighted by Crippen LogP contribution is 2.42. The van der Waals surface area contributed by atoms with Crippen molar-refractivity contribution in [3.05, 3.63) is 33.6 Å². The monoisotopic (exact) mass is 396 g/mol. The minimum absolute atomic E-state index is 0.126. The maximum absolute atomic E-state index is 14.9. The fourth-order valence-corrected chi connectivity index (χ4v) is 4.47. The fourth-order valence-electron chi connectivity index (χ4n) is 4.20. The molecule has 1 aliphatic carbocycles. The van der Waals surface area contributed by atoms with Gasteiger partial charge in [0.15, 0.2) is 0 Å². The van der Waals surface area contributed by atoms with E-state index in [0.717, 1.165) is 31.5 Å². The van der Waals surface area contributed by atoms with E-state index in [2.05, 4.69) is 37.6 Å². The van der Waals surface area contributed by atoms with Crippen LogP contribution >= 0.6 is 11.6 Å². The highest BCUT2D eigenvalue weighted by atomic mass is 35.5. The number of rotatable bonds is 7. The summed E-state index contributed by atoms with van der Waals surface area (Å²) in [5.41, 5.74) is 15.9. The molecule has 0 aromatic heterocycles. The third-order valence-electron chi connectivity index (χ3n) is 5.33. The summed E-state index contributed by atoms with van der Waals surface area (Å²) in [6.07, 6.45) is 3.41. The lowest BCUT2D eigenvalue weighted by atomic mass is 9.76. The van der Waals surface area contributed by atoms with Gasteiger partial charge < -0.3 is 16.4 Å². The number of allylic oxidation sites excluding steroid dienone is 4. The van der Waals surface area contributed by atoms with Gasteiger partial charge in [0.1, 0.15) is 18.7 Å². The molecule has 0 saturated carbocycles. The molecule has 1 aliphatic heterocycles. The van der Waals surface area contributed by atoms with Crippen LogP contribution in [0.2, 0.25) is 0 Å². The average molecular weight is 397 g/mol. The van der Waals surface area contributed by atoms with E-state index in [4.69, 9.17) is 23.1 Å². The van der Waals surface area contributed by atoms with Crippen molar-refractivity contribution < 1.29 is 4.39 Å². The number of aliphatic imine (C=N–C) groups is 1. The molecule has 1 heterocycles. The Hall–Kier alpha value is -1.49. The lowest BCUT2D eigenvalue weighted by molar-refractivity contribution is 0.272. The summed E-state index contributed by atoms with van der Waals surface area (Å²) >= 11 is 6.32. The van der Waals surface area contributed by atoms with Crippen LogP contribution in [-0.4, -0.2) is 30.1 Å². The molecule has 0 aromatic carbocycles. The Morgan fingerprint density at radius 3 is 2.63 bits per heavy atom. The normalized spacial score (nSPS) is 26.4. The quantitative estimate of drug-likeness (QED) is 0.656. The summed E-state index contributed by atoms with van der Waals surface area (Å²) in [6.45, 7) is 11.7. The molecule has 0 fully saturated rings. The first-order valence-corrected chi connectivity index (χ1v) is 10.3. The third-order valence-corrected chi connectivity index (χ3v) is 5.64. The molecule has 27 heavy (non-hydrogen) atoms. The third kappa shape index (κ3) is 4.87. The van der Waals surface area contributed by atoms with Gasteiger partial charge in [-0.3, -0.25) is 0 Å². The molecule has 0 aromatic rings. The predicted molar refractivity (Wildman–Crippen MR) is 113 cm³/mol. The van der Waals surface area contributed by atoms with Crippen LogP contribution in [0.25, 0.3) is 0 Å². The summed E-state index contributed by atoms with van der Waals surface area (Å²) in [7, 11) is 0. The molecular weight excluding hydrogens is 363 g/mol. The molecule has 0 amide bonds.